The molecule has 0 N–H and O–H groups in total. The summed E-state index contributed by atoms with van der Waals surface area (Å²) in [5.74, 6) is 6.38. The molecule has 0 aromatic rings. The summed E-state index contributed by atoms with van der Waals surface area (Å²) < 4.78 is 6.00. The Hall–Kier alpha value is 0.660. The van der Waals surface area contributed by atoms with Crippen molar-refractivity contribution in [3.05, 3.63) is 0 Å². The molecule has 20 heavy (non-hydrogen) atoms. The number of hydrogen-bond donors (Lipinski definition) is 1. The molecular formula is C17H30OS2. The molecule has 0 unspecified atom stereocenters. The Bertz CT molecular complexity index is 357. The van der Waals surface area contributed by atoms with Crippen LogP contribution in [0.5, 0.6) is 0 Å². The van der Waals surface area contributed by atoms with Crippen LogP contribution in [0.3, 0.4) is 0 Å². The first kappa shape index (κ1) is 15.6. The summed E-state index contributed by atoms with van der Waals surface area (Å²) in [4.78, 5) is 0. The Morgan fingerprint density at radius 1 is 1.20 bits per heavy atom. The van der Waals surface area contributed by atoms with Crippen molar-refractivity contribution in [2.75, 3.05) is 17.3 Å². The summed E-state index contributed by atoms with van der Waals surface area (Å²) in [6.45, 7) is 7.34. The molecule has 3 heteroatoms. The minimum Gasteiger partial charge on any atom is -0.366 e. The van der Waals surface area contributed by atoms with E-state index >= 15 is 0 Å². The zero-order valence-electron chi connectivity index (χ0n) is 13.2. The predicted octanol–water partition coefficient (Wildman–Crippen LogP) is 4.66. The van der Waals surface area contributed by atoms with E-state index < -0.39 is 0 Å². The molecule has 3 fully saturated rings. The number of ether oxygens (including phenoxy) is 1. The fourth-order valence-electron chi connectivity index (χ4n) is 5.10. The third kappa shape index (κ3) is 2.92. The Morgan fingerprint density at radius 3 is 2.70 bits per heavy atom. The van der Waals surface area contributed by atoms with Crippen molar-refractivity contribution >= 4 is 24.4 Å². The van der Waals surface area contributed by atoms with Gasteiger partial charge in [-0.2, -0.15) is 24.4 Å². The number of rotatable bonds is 4. The Labute approximate surface area is 134 Å². The van der Waals surface area contributed by atoms with E-state index in [0.29, 0.717) is 11.5 Å². The summed E-state index contributed by atoms with van der Waals surface area (Å²) in [5, 5.41) is 0. The molecule has 0 aromatic carbocycles. The van der Waals surface area contributed by atoms with Gasteiger partial charge in [0.2, 0.25) is 0 Å². The van der Waals surface area contributed by atoms with Crippen molar-refractivity contribution < 1.29 is 4.74 Å². The van der Waals surface area contributed by atoms with Crippen molar-refractivity contribution in [1.82, 2.24) is 0 Å². The molecule has 116 valence electrons. The van der Waals surface area contributed by atoms with Crippen LogP contribution in [0.4, 0.5) is 0 Å². The maximum atomic E-state index is 6.00. The van der Waals surface area contributed by atoms with Gasteiger partial charge in [0.15, 0.2) is 0 Å². The number of hydrogen-bond acceptors (Lipinski definition) is 3. The number of thiol groups is 1. The van der Waals surface area contributed by atoms with Crippen LogP contribution in [0.25, 0.3) is 0 Å². The van der Waals surface area contributed by atoms with Gasteiger partial charge < -0.3 is 4.74 Å². The Kier molecular flexibility index (Phi) is 4.43. The van der Waals surface area contributed by atoms with Crippen molar-refractivity contribution in [1.29, 1.82) is 0 Å². The molecule has 1 aliphatic heterocycles. The summed E-state index contributed by atoms with van der Waals surface area (Å²) in [6.07, 6.45) is 7.37. The lowest BCUT2D eigenvalue weighted by Gasteiger charge is -2.55. The van der Waals surface area contributed by atoms with Gasteiger partial charge in [-0.3, -0.25) is 0 Å². The van der Waals surface area contributed by atoms with Gasteiger partial charge in [-0.15, -0.1) is 0 Å². The van der Waals surface area contributed by atoms with Crippen LogP contribution < -0.4 is 0 Å². The topological polar surface area (TPSA) is 12.5 Å². The zero-order chi connectivity index (χ0) is 14.4. The van der Waals surface area contributed by atoms with Crippen LogP contribution in [0.15, 0.2) is 0 Å². The highest BCUT2D eigenvalue weighted by molar-refractivity contribution is 7.99. The maximum absolute atomic E-state index is 6.00. The second kappa shape index (κ2) is 5.70. The number of fused-ring (bicyclic) bond motifs is 2. The summed E-state index contributed by atoms with van der Waals surface area (Å²) in [7, 11) is 0. The summed E-state index contributed by atoms with van der Waals surface area (Å²) in [6, 6.07) is 0. The van der Waals surface area contributed by atoms with Gasteiger partial charge in [0, 0.05) is 5.75 Å². The van der Waals surface area contributed by atoms with E-state index in [-0.39, 0.29) is 5.60 Å². The molecule has 1 saturated heterocycles. The van der Waals surface area contributed by atoms with Crippen molar-refractivity contribution in [2.45, 2.75) is 64.6 Å². The van der Waals surface area contributed by atoms with Crippen LogP contribution in [-0.2, 0) is 4.74 Å². The average molecular weight is 315 g/mol. The predicted molar refractivity (Wildman–Crippen MR) is 91.8 cm³/mol. The molecule has 3 rings (SSSR count). The molecule has 2 aliphatic carbocycles. The summed E-state index contributed by atoms with van der Waals surface area (Å²) in [5.41, 5.74) is 0.824. The lowest BCUT2D eigenvalue weighted by Crippen LogP contribution is -2.48. The van der Waals surface area contributed by atoms with Crippen molar-refractivity contribution in [2.24, 2.45) is 23.2 Å². The minimum atomic E-state index is 0.247. The quantitative estimate of drug-likeness (QED) is 0.460. The highest BCUT2D eigenvalue weighted by Crippen LogP contribution is 2.60. The van der Waals surface area contributed by atoms with Gasteiger partial charge in [0.25, 0.3) is 0 Å². The van der Waals surface area contributed by atoms with Crippen LogP contribution in [0, 0.1) is 23.2 Å². The van der Waals surface area contributed by atoms with E-state index in [9.17, 15) is 0 Å². The SMILES string of the molecule is CC1(C)C[C@H]2CC[C@@]3(C)O[C@@H]3CC[C@@H](CSCCS)[C@H]21. The van der Waals surface area contributed by atoms with Crippen molar-refractivity contribution in [3.8, 4) is 0 Å². The molecule has 0 radical (unpaired) electrons. The molecule has 0 spiro atoms. The van der Waals surface area contributed by atoms with Gasteiger partial charge >= 0.3 is 0 Å². The van der Waals surface area contributed by atoms with Crippen LogP contribution in [0.2, 0.25) is 0 Å². The molecule has 2 saturated carbocycles. The molecule has 0 aromatic heterocycles. The monoisotopic (exact) mass is 314 g/mol. The third-order valence-electron chi connectivity index (χ3n) is 6.12. The fraction of sp³-hybridized carbons (Fsp3) is 1.00. The minimum absolute atomic E-state index is 0.247. The average Bonchev–Trinajstić information content (AvgIpc) is 3.01. The highest BCUT2D eigenvalue weighted by atomic mass is 32.2. The molecule has 0 amide bonds. The molecule has 5 atom stereocenters. The molecule has 3 aliphatic rings. The third-order valence-corrected chi connectivity index (χ3v) is 7.80. The van der Waals surface area contributed by atoms with Gasteiger partial charge in [0.05, 0.1) is 11.7 Å². The van der Waals surface area contributed by atoms with Crippen molar-refractivity contribution in [3.63, 3.8) is 0 Å². The van der Waals surface area contributed by atoms with Gasteiger partial charge in [0.1, 0.15) is 0 Å². The van der Waals surface area contributed by atoms with Crippen LogP contribution in [0.1, 0.15) is 52.9 Å². The normalized spacial score (nSPS) is 46.2. The Morgan fingerprint density at radius 2 is 2.00 bits per heavy atom. The van der Waals surface area contributed by atoms with Gasteiger partial charge in [-0.25, -0.2) is 0 Å². The first-order valence-corrected chi connectivity index (χ1v) is 10.1. The largest absolute Gasteiger partial charge is 0.366 e. The first-order chi connectivity index (χ1) is 9.46. The smallest absolute Gasteiger partial charge is 0.0920 e. The molecule has 1 heterocycles. The lowest BCUT2D eigenvalue weighted by molar-refractivity contribution is -0.0566. The van der Waals surface area contributed by atoms with E-state index in [1.807, 2.05) is 0 Å². The number of thioether (sulfide) groups is 1. The maximum Gasteiger partial charge on any atom is 0.0920 e. The molecule has 1 nitrogen and oxygen atoms in total. The van der Waals surface area contributed by atoms with E-state index in [0.717, 1.165) is 23.5 Å². The lowest BCUT2D eigenvalue weighted by atomic mass is 9.50. The van der Waals surface area contributed by atoms with Gasteiger partial charge in [-0.05, 0) is 73.7 Å². The molecule has 0 bridgehead atoms. The highest BCUT2D eigenvalue weighted by Gasteiger charge is 2.56. The molecular weight excluding hydrogens is 284 g/mol. The second-order valence-corrected chi connectivity index (χ2v) is 9.67. The van der Waals surface area contributed by atoms with E-state index in [2.05, 4.69) is 45.2 Å². The first-order valence-electron chi connectivity index (χ1n) is 8.33. The Balaban J connectivity index is 1.67. The number of epoxide rings is 1. The summed E-state index contributed by atoms with van der Waals surface area (Å²) >= 11 is 6.47. The zero-order valence-corrected chi connectivity index (χ0v) is 14.9. The van der Waals surface area contributed by atoms with E-state index in [1.165, 1.54) is 43.6 Å². The van der Waals surface area contributed by atoms with Crippen LogP contribution >= 0.6 is 24.4 Å². The van der Waals surface area contributed by atoms with E-state index in [1.54, 1.807) is 0 Å². The van der Waals surface area contributed by atoms with Crippen LogP contribution in [-0.4, -0.2) is 29.0 Å². The van der Waals surface area contributed by atoms with E-state index in [4.69, 9.17) is 4.74 Å². The van der Waals surface area contributed by atoms with Gasteiger partial charge in [-0.1, -0.05) is 13.8 Å². The standard InChI is InChI=1S/C17H30OS2/c1-16(2)10-12-6-7-17(3)14(18-17)5-4-13(15(12)16)11-20-9-8-19/h12-15,19H,4-11H2,1-3H3/t12-,13+,14-,15+,17-/m1/s1. The fourth-order valence-corrected chi connectivity index (χ4v) is 6.46. The second-order valence-electron chi connectivity index (χ2n) is 8.07.